The van der Waals surface area contributed by atoms with Gasteiger partial charge >= 0.3 is 0 Å². The fraction of sp³-hybridized carbons (Fsp3) is 0.185. The number of rotatable bonds is 6. The minimum absolute atomic E-state index is 0.0667. The first-order chi connectivity index (χ1) is 17.3. The predicted molar refractivity (Wildman–Crippen MR) is 143 cm³/mol. The van der Waals surface area contributed by atoms with E-state index in [2.05, 4.69) is 10.3 Å². The van der Waals surface area contributed by atoms with Crippen LogP contribution in [0.15, 0.2) is 70.8 Å². The van der Waals surface area contributed by atoms with Crippen LogP contribution in [0.1, 0.15) is 35.6 Å². The zero-order valence-electron chi connectivity index (χ0n) is 20.0. The van der Waals surface area contributed by atoms with E-state index in [1.807, 2.05) is 73.8 Å². The van der Waals surface area contributed by atoms with Gasteiger partial charge in [-0.25, -0.2) is 9.67 Å². The van der Waals surface area contributed by atoms with Gasteiger partial charge in [0.25, 0.3) is 5.56 Å². The minimum atomic E-state index is -0.242. The number of carbonyl (C=O) groups is 1. The van der Waals surface area contributed by atoms with Gasteiger partial charge in [-0.2, -0.15) is 5.10 Å². The van der Waals surface area contributed by atoms with Crippen LogP contribution in [0.3, 0.4) is 0 Å². The van der Waals surface area contributed by atoms with Crippen molar-refractivity contribution in [3.63, 3.8) is 0 Å². The van der Waals surface area contributed by atoms with Crippen molar-refractivity contribution in [2.75, 3.05) is 0 Å². The molecule has 1 amide bonds. The summed E-state index contributed by atoms with van der Waals surface area (Å²) in [6.07, 6.45) is 0.0667. The number of hydrogen-bond donors (Lipinski definition) is 1. The van der Waals surface area contributed by atoms with Gasteiger partial charge in [0.1, 0.15) is 5.69 Å². The molecule has 0 saturated carbocycles. The maximum atomic E-state index is 13.7. The first kappa shape index (κ1) is 24.0. The van der Waals surface area contributed by atoms with Gasteiger partial charge < -0.3 is 5.32 Å². The standard InChI is InChI=1S/C27H24ClN5O2S/c1-16-12-23(31-33(16)21-11-7-10-20(28)13-21)25-18(3)30-27-32(26(25)35)22(15-36-27)14-24(34)29-17(2)19-8-5-4-6-9-19/h4-13,15,17H,14H2,1-3H3,(H,29,34)/t17-/m0/s1. The molecule has 2 aromatic carbocycles. The highest BCUT2D eigenvalue weighted by Crippen LogP contribution is 2.24. The molecule has 0 spiro atoms. The maximum absolute atomic E-state index is 13.7. The normalized spacial score (nSPS) is 12.1. The van der Waals surface area contributed by atoms with Crippen molar-refractivity contribution < 1.29 is 4.79 Å². The summed E-state index contributed by atoms with van der Waals surface area (Å²) >= 11 is 7.51. The van der Waals surface area contributed by atoms with E-state index in [0.29, 0.717) is 32.6 Å². The summed E-state index contributed by atoms with van der Waals surface area (Å²) in [7, 11) is 0. The van der Waals surface area contributed by atoms with Gasteiger partial charge in [-0.1, -0.05) is 48.0 Å². The molecule has 3 aromatic heterocycles. The maximum Gasteiger partial charge on any atom is 0.268 e. The highest BCUT2D eigenvalue weighted by molar-refractivity contribution is 7.15. The Morgan fingerprint density at radius 2 is 1.89 bits per heavy atom. The largest absolute Gasteiger partial charge is 0.349 e. The number of aryl methyl sites for hydroxylation is 2. The Balaban J connectivity index is 1.49. The number of nitrogens with zero attached hydrogens (tertiary/aromatic N) is 4. The smallest absolute Gasteiger partial charge is 0.268 e. The average Bonchev–Trinajstić information content (AvgIpc) is 3.42. The second-order valence-electron chi connectivity index (χ2n) is 8.66. The first-order valence-electron chi connectivity index (χ1n) is 11.5. The summed E-state index contributed by atoms with van der Waals surface area (Å²) < 4.78 is 3.27. The number of carbonyl (C=O) groups excluding carboxylic acids is 1. The van der Waals surface area contributed by atoms with E-state index in [1.165, 1.54) is 15.7 Å². The van der Waals surface area contributed by atoms with Crippen LogP contribution in [-0.4, -0.2) is 25.1 Å². The molecule has 0 aliphatic carbocycles. The third-order valence-corrected chi connectivity index (χ3v) is 7.15. The molecule has 0 radical (unpaired) electrons. The van der Waals surface area contributed by atoms with Crippen molar-refractivity contribution in [2.24, 2.45) is 0 Å². The fourth-order valence-electron chi connectivity index (χ4n) is 4.27. The van der Waals surface area contributed by atoms with E-state index in [9.17, 15) is 9.59 Å². The van der Waals surface area contributed by atoms with Crippen LogP contribution in [0.4, 0.5) is 0 Å². The Hall–Kier alpha value is -3.75. The summed E-state index contributed by atoms with van der Waals surface area (Å²) in [5.74, 6) is -0.166. The van der Waals surface area contributed by atoms with E-state index < -0.39 is 0 Å². The van der Waals surface area contributed by atoms with Gasteiger partial charge in [-0.15, -0.1) is 11.3 Å². The van der Waals surface area contributed by atoms with Gasteiger partial charge in [-0.05, 0) is 50.6 Å². The van der Waals surface area contributed by atoms with Crippen LogP contribution in [-0.2, 0) is 11.2 Å². The highest BCUT2D eigenvalue weighted by Gasteiger charge is 2.20. The molecule has 1 atom stereocenters. The number of fused-ring (bicyclic) bond motifs is 1. The molecule has 0 bridgehead atoms. The lowest BCUT2D eigenvalue weighted by Crippen LogP contribution is -2.29. The number of aromatic nitrogens is 4. The molecule has 0 aliphatic rings. The molecule has 3 heterocycles. The molecule has 0 unspecified atom stereocenters. The zero-order chi connectivity index (χ0) is 25.4. The monoisotopic (exact) mass is 517 g/mol. The summed E-state index contributed by atoms with van der Waals surface area (Å²) in [6, 6.07) is 18.9. The van der Waals surface area contributed by atoms with Crippen LogP contribution < -0.4 is 10.9 Å². The average molecular weight is 518 g/mol. The molecule has 0 fully saturated rings. The highest BCUT2D eigenvalue weighted by atomic mass is 35.5. The topological polar surface area (TPSA) is 81.3 Å². The molecule has 182 valence electrons. The van der Waals surface area contributed by atoms with Crippen LogP contribution in [0.5, 0.6) is 0 Å². The SMILES string of the molecule is Cc1nc2scc(CC(=O)N[C@@H](C)c3ccccc3)n2c(=O)c1-c1cc(C)n(-c2cccc(Cl)c2)n1. The lowest BCUT2D eigenvalue weighted by Gasteiger charge is -2.14. The lowest BCUT2D eigenvalue weighted by atomic mass is 10.1. The second kappa shape index (κ2) is 9.72. The molecule has 0 saturated heterocycles. The summed E-state index contributed by atoms with van der Waals surface area (Å²) in [5.41, 5.74) is 4.56. The predicted octanol–water partition coefficient (Wildman–Crippen LogP) is 5.30. The van der Waals surface area contributed by atoms with Crippen molar-refractivity contribution in [1.82, 2.24) is 24.5 Å². The molecular formula is C27H24ClN5O2S. The van der Waals surface area contributed by atoms with Gasteiger partial charge in [0.05, 0.1) is 29.4 Å². The Bertz CT molecular complexity index is 1640. The number of halogens is 1. The van der Waals surface area contributed by atoms with E-state index in [4.69, 9.17) is 16.7 Å². The Morgan fingerprint density at radius 3 is 2.64 bits per heavy atom. The molecule has 5 aromatic rings. The van der Waals surface area contributed by atoms with Gasteiger partial charge in [0.2, 0.25) is 5.91 Å². The Kier molecular flexibility index (Phi) is 6.47. The molecule has 5 rings (SSSR count). The van der Waals surface area contributed by atoms with Gasteiger partial charge in [0.15, 0.2) is 4.96 Å². The summed E-state index contributed by atoms with van der Waals surface area (Å²) in [4.78, 5) is 31.7. The van der Waals surface area contributed by atoms with Crippen LogP contribution in [0.2, 0.25) is 5.02 Å². The van der Waals surface area contributed by atoms with Crippen molar-refractivity contribution in [2.45, 2.75) is 33.2 Å². The van der Waals surface area contributed by atoms with E-state index in [1.54, 1.807) is 17.7 Å². The number of amides is 1. The lowest BCUT2D eigenvalue weighted by molar-refractivity contribution is -0.121. The van der Waals surface area contributed by atoms with Crippen molar-refractivity contribution in [3.8, 4) is 16.9 Å². The zero-order valence-corrected chi connectivity index (χ0v) is 21.6. The van der Waals surface area contributed by atoms with Crippen LogP contribution >= 0.6 is 22.9 Å². The van der Waals surface area contributed by atoms with Crippen molar-refractivity contribution in [1.29, 1.82) is 0 Å². The van der Waals surface area contributed by atoms with E-state index in [0.717, 1.165) is 16.9 Å². The van der Waals surface area contributed by atoms with Crippen molar-refractivity contribution >= 4 is 33.8 Å². The number of thiazole rings is 1. The first-order valence-corrected chi connectivity index (χ1v) is 12.7. The number of nitrogens with one attached hydrogen (secondary N) is 1. The van der Waals surface area contributed by atoms with Crippen LogP contribution in [0.25, 0.3) is 21.9 Å². The molecular weight excluding hydrogens is 494 g/mol. The number of hydrogen-bond acceptors (Lipinski definition) is 5. The summed E-state index contributed by atoms with van der Waals surface area (Å²) in [5, 5.41) is 10.1. The molecule has 0 aliphatic heterocycles. The third-order valence-electron chi connectivity index (χ3n) is 6.04. The molecule has 1 N–H and O–H groups in total. The minimum Gasteiger partial charge on any atom is -0.349 e. The van der Waals surface area contributed by atoms with Crippen molar-refractivity contribution in [3.05, 3.63) is 104 Å². The quantitative estimate of drug-likeness (QED) is 0.331. The second-order valence-corrected chi connectivity index (χ2v) is 9.93. The number of benzene rings is 2. The molecule has 36 heavy (non-hydrogen) atoms. The fourth-order valence-corrected chi connectivity index (χ4v) is 5.38. The Labute approximate surface area is 217 Å². The third kappa shape index (κ3) is 4.57. The van der Waals surface area contributed by atoms with E-state index in [-0.39, 0.29) is 23.9 Å². The molecule has 7 nitrogen and oxygen atoms in total. The van der Waals surface area contributed by atoms with E-state index >= 15 is 0 Å². The van der Waals surface area contributed by atoms with Crippen LogP contribution in [0, 0.1) is 13.8 Å². The Morgan fingerprint density at radius 1 is 1.11 bits per heavy atom. The molecule has 9 heteroatoms. The van der Waals surface area contributed by atoms with Gasteiger partial charge in [-0.3, -0.25) is 14.0 Å². The summed E-state index contributed by atoms with van der Waals surface area (Å²) in [6.45, 7) is 5.66. The van der Waals surface area contributed by atoms with Gasteiger partial charge in [0, 0.05) is 21.8 Å².